The molecule has 7 nitrogen and oxygen atoms in total. The average Bonchev–Trinajstić information content (AvgIpc) is 2.28. The summed E-state index contributed by atoms with van der Waals surface area (Å²) in [7, 11) is -3.84. The van der Waals surface area contributed by atoms with Gasteiger partial charge in [-0.2, -0.15) is 4.98 Å². The first-order valence-electron chi connectivity index (χ1n) is 4.85. The summed E-state index contributed by atoms with van der Waals surface area (Å²) in [4.78, 5) is 16.7. The van der Waals surface area contributed by atoms with E-state index in [0.29, 0.717) is 0 Å². The molecule has 2 rings (SSSR count). The van der Waals surface area contributed by atoms with Crippen molar-refractivity contribution >= 4 is 16.0 Å². The first-order chi connectivity index (χ1) is 8.47. The van der Waals surface area contributed by atoms with Crippen molar-refractivity contribution in [2.75, 3.05) is 4.72 Å². The number of aromatic nitrogens is 2. The molecule has 18 heavy (non-hydrogen) atoms. The van der Waals surface area contributed by atoms with Gasteiger partial charge in [0.2, 0.25) is 11.8 Å². The summed E-state index contributed by atoms with van der Waals surface area (Å²) in [6.07, 6.45) is 0. The SMILES string of the molecule is O=c1cc(O)nc(NS(=O)(=O)c2ccccc2)[nH]1. The fraction of sp³-hybridized carbons (Fsp3) is 0. The van der Waals surface area contributed by atoms with Crippen molar-refractivity contribution in [3.05, 3.63) is 46.8 Å². The number of nitrogens with one attached hydrogen (secondary N) is 2. The molecule has 2 aromatic rings. The van der Waals surface area contributed by atoms with Crippen LogP contribution in [0.2, 0.25) is 0 Å². The Morgan fingerprint density at radius 2 is 1.89 bits per heavy atom. The molecule has 8 heteroatoms. The first kappa shape index (κ1) is 12.1. The number of anilines is 1. The Kier molecular flexibility index (Phi) is 3.02. The molecule has 0 fully saturated rings. The Labute approximate surface area is 102 Å². The molecule has 1 aromatic carbocycles. The summed E-state index contributed by atoms with van der Waals surface area (Å²) in [5.41, 5.74) is -0.659. The monoisotopic (exact) mass is 267 g/mol. The van der Waals surface area contributed by atoms with Crippen molar-refractivity contribution in [3.8, 4) is 5.88 Å². The molecule has 0 aliphatic rings. The Morgan fingerprint density at radius 3 is 2.50 bits per heavy atom. The molecule has 3 N–H and O–H groups in total. The first-order valence-corrected chi connectivity index (χ1v) is 6.34. The van der Waals surface area contributed by atoms with E-state index in [-0.39, 0.29) is 10.8 Å². The molecule has 1 aromatic heterocycles. The summed E-state index contributed by atoms with van der Waals surface area (Å²) in [6.45, 7) is 0. The molecule has 0 aliphatic carbocycles. The van der Waals surface area contributed by atoms with Crippen molar-refractivity contribution in [2.24, 2.45) is 0 Å². The summed E-state index contributed by atoms with van der Waals surface area (Å²) < 4.78 is 25.8. The van der Waals surface area contributed by atoms with Crippen molar-refractivity contribution in [1.29, 1.82) is 0 Å². The minimum Gasteiger partial charge on any atom is -0.493 e. The second kappa shape index (κ2) is 4.49. The number of nitrogens with zero attached hydrogens (tertiary/aromatic N) is 1. The van der Waals surface area contributed by atoms with Gasteiger partial charge >= 0.3 is 0 Å². The molecule has 0 amide bonds. The third kappa shape index (κ3) is 2.66. The number of aromatic amines is 1. The highest BCUT2D eigenvalue weighted by Gasteiger charge is 2.15. The number of hydrogen-bond donors (Lipinski definition) is 3. The molecule has 0 unspecified atom stereocenters. The maximum Gasteiger partial charge on any atom is 0.264 e. The van der Waals surface area contributed by atoms with E-state index in [4.69, 9.17) is 5.11 Å². The summed E-state index contributed by atoms with van der Waals surface area (Å²) in [6, 6.07) is 8.42. The minimum atomic E-state index is -3.84. The average molecular weight is 267 g/mol. The fourth-order valence-electron chi connectivity index (χ4n) is 1.28. The number of sulfonamides is 1. The number of aromatic hydroxyl groups is 1. The molecule has 0 radical (unpaired) electrons. The topological polar surface area (TPSA) is 112 Å². The molecular weight excluding hydrogens is 258 g/mol. The normalized spacial score (nSPS) is 11.1. The Morgan fingerprint density at radius 1 is 1.22 bits per heavy atom. The van der Waals surface area contributed by atoms with Crippen molar-refractivity contribution in [1.82, 2.24) is 9.97 Å². The van der Waals surface area contributed by atoms with Crippen LogP contribution in [0.5, 0.6) is 5.88 Å². The van der Waals surface area contributed by atoms with Crippen LogP contribution in [0.25, 0.3) is 0 Å². The molecular formula is C10H9N3O4S. The van der Waals surface area contributed by atoms with Gasteiger partial charge in [-0.05, 0) is 12.1 Å². The quantitative estimate of drug-likeness (QED) is 0.739. The lowest BCUT2D eigenvalue weighted by Crippen LogP contribution is -2.18. The van der Waals surface area contributed by atoms with Gasteiger partial charge in [-0.25, -0.2) is 13.1 Å². The van der Waals surface area contributed by atoms with Gasteiger partial charge in [-0.3, -0.25) is 9.78 Å². The van der Waals surface area contributed by atoms with Crippen LogP contribution >= 0.6 is 0 Å². The molecule has 1 heterocycles. The van der Waals surface area contributed by atoms with Gasteiger partial charge in [0.1, 0.15) is 0 Å². The fourth-order valence-corrected chi connectivity index (χ4v) is 2.26. The molecule has 0 aliphatic heterocycles. The van der Waals surface area contributed by atoms with Gasteiger partial charge in [0.25, 0.3) is 15.6 Å². The lowest BCUT2D eigenvalue weighted by Gasteiger charge is -2.06. The van der Waals surface area contributed by atoms with E-state index in [2.05, 4.69) is 14.7 Å². The van der Waals surface area contributed by atoms with Gasteiger partial charge in [0.15, 0.2) is 0 Å². The second-order valence-corrected chi connectivity index (χ2v) is 5.05. The van der Waals surface area contributed by atoms with E-state index < -0.39 is 21.5 Å². The second-order valence-electron chi connectivity index (χ2n) is 3.37. The highest BCUT2D eigenvalue weighted by Crippen LogP contribution is 2.12. The van der Waals surface area contributed by atoms with Gasteiger partial charge in [0.05, 0.1) is 11.0 Å². The van der Waals surface area contributed by atoms with Gasteiger partial charge in [0, 0.05) is 0 Å². The predicted molar refractivity (Wildman–Crippen MR) is 63.8 cm³/mol. The molecule has 0 atom stereocenters. The van der Waals surface area contributed by atoms with Crippen LogP contribution in [0.1, 0.15) is 0 Å². The summed E-state index contributed by atoms with van der Waals surface area (Å²) in [5.74, 6) is -0.909. The minimum absolute atomic E-state index is 0.0241. The lowest BCUT2D eigenvalue weighted by molar-refractivity contribution is 0.452. The molecule has 0 bridgehead atoms. The highest BCUT2D eigenvalue weighted by molar-refractivity contribution is 7.92. The molecule has 0 saturated carbocycles. The van der Waals surface area contributed by atoms with Crippen LogP contribution in [0, 0.1) is 0 Å². The predicted octanol–water partition coefficient (Wildman–Crippen LogP) is 0.276. The number of H-pyrrole nitrogens is 1. The van der Waals surface area contributed by atoms with Gasteiger partial charge in [-0.15, -0.1) is 0 Å². The van der Waals surface area contributed by atoms with Crippen LogP contribution in [-0.4, -0.2) is 23.5 Å². The number of hydrogen-bond acceptors (Lipinski definition) is 5. The van der Waals surface area contributed by atoms with Gasteiger partial charge in [-0.1, -0.05) is 18.2 Å². The maximum absolute atomic E-state index is 11.9. The standard InChI is InChI=1S/C10H9N3O4S/c14-8-6-9(15)12-10(11-8)13-18(16,17)7-4-2-1-3-5-7/h1-6H,(H3,11,12,13,14,15). The van der Waals surface area contributed by atoms with E-state index in [1.807, 2.05) is 0 Å². The smallest absolute Gasteiger partial charge is 0.264 e. The van der Waals surface area contributed by atoms with Crippen LogP contribution in [-0.2, 0) is 10.0 Å². The zero-order valence-electron chi connectivity index (χ0n) is 8.99. The van der Waals surface area contributed by atoms with Crippen LogP contribution in [0.15, 0.2) is 46.1 Å². The maximum atomic E-state index is 11.9. The highest BCUT2D eigenvalue weighted by atomic mass is 32.2. The third-order valence-corrected chi connectivity index (χ3v) is 3.37. The van der Waals surface area contributed by atoms with E-state index >= 15 is 0 Å². The van der Waals surface area contributed by atoms with Gasteiger partial charge < -0.3 is 5.11 Å². The Balaban J connectivity index is 2.37. The van der Waals surface area contributed by atoms with E-state index in [9.17, 15) is 13.2 Å². The van der Waals surface area contributed by atoms with Crippen LogP contribution < -0.4 is 10.3 Å². The van der Waals surface area contributed by atoms with E-state index in [0.717, 1.165) is 6.07 Å². The van der Waals surface area contributed by atoms with E-state index in [1.54, 1.807) is 18.2 Å². The summed E-state index contributed by atoms with van der Waals surface area (Å²) in [5, 5.41) is 9.10. The largest absolute Gasteiger partial charge is 0.493 e. The molecule has 0 saturated heterocycles. The van der Waals surface area contributed by atoms with Crippen LogP contribution in [0.4, 0.5) is 5.95 Å². The summed E-state index contributed by atoms with van der Waals surface area (Å²) >= 11 is 0. The third-order valence-electron chi connectivity index (χ3n) is 2.01. The molecule has 0 spiro atoms. The van der Waals surface area contributed by atoms with Crippen LogP contribution in [0.3, 0.4) is 0 Å². The zero-order valence-corrected chi connectivity index (χ0v) is 9.81. The number of benzene rings is 1. The van der Waals surface area contributed by atoms with Crippen molar-refractivity contribution in [3.63, 3.8) is 0 Å². The number of rotatable bonds is 3. The molecule has 94 valence electrons. The van der Waals surface area contributed by atoms with E-state index in [1.165, 1.54) is 12.1 Å². The van der Waals surface area contributed by atoms with Crippen molar-refractivity contribution in [2.45, 2.75) is 4.90 Å². The van der Waals surface area contributed by atoms with Crippen molar-refractivity contribution < 1.29 is 13.5 Å². The zero-order chi connectivity index (χ0) is 13.2. The lowest BCUT2D eigenvalue weighted by atomic mass is 10.4. The Bertz CT molecular complexity index is 709. The Hall–Kier alpha value is -2.35.